The van der Waals surface area contributed by atoms with Crippen molar-refractivity contribution in [2.75, 3.05) is 0 Å². The molecule has 0 aromatic heterocycles. The number of hydrogen-bond acceptors (Lipinski definition) is 5. The van der Waals surface area contributed by atoms with E-state index in [4.69, 9.17) is 9.47 Å². The van der Waals surface area contributed by atoms with E-state index >= 15 is 0 Å². The smallest absolute Gasteiger partial charge is 0.407 e. The zero-order chi connectivity index (χ0) is 23.6. The second-order valence-electron chi connectivity index (χ2n) is 9.64. The van der Waals surface area contributed by atoms with Gasteiger partial charge in [-0.2, -0.15) is 8.42 Å². The number of alkyl carbamates (subject to hydrolysis) is 1. The van der Waals surface area contributed by atoms with Crippen molar-refractivity contribution in [3.8, 4) is 0 Å². The van der Waals surface area contributed by atoms with Gasteiger partial charge in [0.25, 0.3) is 10.0 Å². The van der Waals surface area contributed by atoms with Crippen molar-refractivity contribution < 1.29 is 22.7 Å². The predicted octanol–water partition coefficient (Wildman–Crippen LogP) is 4.76. The second-order valence-corrected chi connectivity index (χ2v) is 11.2. The number of amides is 1. The minimum Gasteiger partial charge on any atom is -0.477 e. The average Bonchev–Trinajstić information content (AvgIpc) is 3.43. The standard InChI is InChI=1S/C23H36N2O5S/c1-14(2)29-21(25-31(27,28)19-13-15(3)9-10-16(19)4)17(5)20(18-11-12-18)24-22(26)30-23(6,7)8/h9-10,13-14,17-18,20H,11-12H2,1-8H3,(H,24,26)/b25-21-/t17-,20+/m1/s1. The molecule has 1 amide bonds. The van der Waals surface area contributed by atoms with E-state index in [2.05, 4.69) is 9.71 Å². The summed E-state index contributed by atoms with van der Waals surface area (Å²) < 4.78 is 41.7. The molecule has 0 spiro atoms. The number of rotatable bonds is 7. The normalized spacial score (nSPS) is 17.3. The van der Waals surface area contributed by atoms with Crippen molar-refractivity contribution in [1.82, 2.24) is 5.32 Å². The first-order valence-corrected chi connectivity index (χ1v) is 12.2. The number of ether oxygens (including phenoxy) is 2. The van der Waals surface area contributed by atoms with Gasteiger partial charge in [0.2, 0.25) is 5.90 Å². The minimum absolute atomic E-state index is 0.101. The molecule has 31 heavy (non-hydrogen) atoms. The molecule has 2 atom stereocenters. The summed E-state index contributed by atoms with van der Waals surface area (Å²) in [6.45, 7) is 14.4. The summed E-state index contributed by atoms with van der Waals surface area (Å²) in [5.74, 6) is -0.113. The van der Waals surface area contributed by atoms with Gasteiger partial charge in [0.05, 0.1) is 16.9 Å². The number of hydrogen-bond donors (Lipinski definition) is 1. The lowest BCUT2D eigenvalue weighted by molar-refractivity contribution is 0.0485. The number of nitrogens with zero attached hydrogens (tertiary/aromatic N) is 1. The lowest BCUT2D eigenvalue weighted by atomic mass is 9.97. The Morgan fingerprint density at radius 3 is 2.29 bits per heavy atom. The maximum absolute atomic E-state index is 13.1. The third kappa shape index (κ3) is 7.52. The molecule has 2 rings (SSSR count). The Morgan fingerprint density at radius 1 is 1.16 bits per heavy atom. The maximum atomic E-state index is 13.1. The summed E-state index contributed by atoms with van der Waals surface area (Å²) in [5.41, 5.74) is 0.830. The number of nitrogens with one attached hydrogen (secondary N) is 1. The zero-order valence-electron chi connectivity index (χ0n) is 19.9. The average molecular weight is 453 g/mol. The van der Waals surface area contributed by atoms with Gasteiger partial charge in [0, 0.05) is 6.04 Å². The van der Waals surface area contributed by atoms with Gasteiger partial charge in [0.15, 0.2) is 0 Å². The monoisotopic (exact) mass is 452 g/mol. The van der Waals surface area contributed by atoms with Crippen LogP contribution in [0.3, 0.4) is 0 Å². The molecule has 1 saturated carbocycles. The Hall–Kier alpha value is -2.09. The number of carbonyl (C=O) groups excluding carboxylic acids is 1. The summed E-state index contributed by atoms with van der Waals surface area (Å²) >= 11 is 0. The van der Waals surface area contributed by atoms with Gasteiger partial charge < -0.3 is 14.8 Å². The highest BCUT2D eigenvalue weighted by Crippen LogP contribution is 2.37. The Kier molecular flexibility index (Phi) is 7.79. The zero-order valence-corrected chi connectivity index (χ0v) is 20.7. The molecule has 1 N–H and O–H groups in total. The summed E-state index contributed by atoms with van der Waals surface area (Å²) in [4.78, 5) is 12.6. The van der Waals surface area contributed by atoms with Crippen LogP contribution in [0, 0.1) is 25.7 Å². The van der Waals surface area contributed by atoms with E-state index in [0.29, 0.717) is 5.56 Å². The van der Waals surface area contributed by atoms with Crippen LogP contribution in [0.2, 0.25) is 0 Å². The van der Waals surface area contributed by atoms with E-state index < -0.39 is 27.6 Å². The first-order chi connectivity index (χ1) is 14.2. The molecule has 0 radical (unpaired) electrons. The highest BCUT2D eigenvalue weighted by atomic mass is 32.2. The van der Waals surface area contributed by atoms with Crippen LogP contribution in [-0.4, -0.2) is 38.2 Å². The van der Waals surface area contributed by atoms with Gasteiger partial charge >= 0.3 is 6.09 Å². The van der Waals surface area contributed by atoms with Crippen LogP contribution in [0.15, 0.2) is 27.5 Å². The van der Waals surface area contributed by atoms with Gasteiger partial charge in [-0.3, -0.25) is 0 Å². The molecule has 0 heterocycles. The minimum atomic E-state index is -3.98. The summed E-state index contributed by atoms with van der Waals surface area (Å²) in [6.07, 6.45) is 1.10. The van der Waals surface area contributed by atoms with Gasteiger partial charge in [-0.25, -0.2) is 4.79 Å². The van der Waals surface area contributed by atoms with Crippen LogP contribution >= 0.6 is 0 Å². The van der Waals surface area contributed by atoms with Crippen molar-refractivity contribution in [3.63, 3.8) is 0 Å². The predicted molar refractivity (Wildman–Crippen MR) is 122 cm³/mol. The van der Waals surface area contributed by atoms with E-state index in [0.717, 1.165) is 18.4 Å². The lowest BCUT2D eigenvalue weighted by Crippen LogP contribution is -2.46. The number of benzene rings is 1. The third-order valence-electron chi connectivity index (χ3n) is 4.93. The fourth-order valence-corrected chi connectivity index (χ4v) is 4.66. The van der Waals surface area contributed by atoms with Gasteiger partial charge in [-0.15, -0.1) is 4.40 Å². The molecule has 0 bridgehead atoms. The van der Waals surface area contributed by atoms with Crippen molar-refractivity contribution in [2.45, 2.75) is 90.9 Å². The second kappa shape index (κ2) is 9.59. The molecular weight excluding hydrogens is 416 g/mol. The van der Waals surface area contributed by atoms with Crippen LogP contribution in [-0.2, 0) is 19.5 Å². The lowest BCUT2D eigenvalue weighted by Gasteiger charge is -2.28. The van der Waals surface area contributed by atoms with E-state index in [1.165, 1.54) is 0 Å². The van der Waals surface area contributed by atoms with Crippen LogP contribution in [0.5, 0.6) is 0 Å². The van der Waals surface area contributed by atoms with E-state index in [1.807, 2.05) is 33.8 Å². The molecular formula is C23H36N2O5S. The molecule has 1 aromatic carbocycles. The highest BCUT2D eigenvalue weighted by molar-refractivity contribution is 7.90. The molecule has 1 aliphatic rings. The number of carbonyl (C=O) groups is 1. The molecule has 0 aliphatic heterocycles. The third-order valence-corrected chi connectivity index (χ3v) is 6.35. The Morgan fingerprint density at radius 2 is 1.77 bits per heavy atom. The largest absolute Gasteiger partial charge is 0.477 e. The van der Waals surface area contributed by atoms with Gasteiger partial charge in [-0.05, 0) is 84.4 Å². The summed E-state index contributed by atoms with van der Waals surface area (Å²) in [6, 6.07) is 4.91. The molecule has 0 saturated heterocycles. The van der Waals surface area contributed by atoms with E-state index in [9.17, 15) is 13.2 Å². The Balaban J connectivity index is 2.38. The number of sulfonamides is 1. The van der Waals surface area contributed by atoms with Gasteiger partial charge in [-0.1, -0.05) is 19.1 Å². The van der Waals surface area contributed by atoms with Crippen molar-refractivity contribution >= 4 is 22.0 Å². The molecule has 8 heteroatoms. The molecule has 1 fully saturated rings. The maximum Gasteiger partial charge on any atom is 0.407 e. The summed E-state index contributed by atoms with van der Waals surface area (Å²) in [7, 11) is -3.98. The van der Waals surface area contributed by atoms with Gasteiger partial charge in [0.1, 0.15) is 5.60 Å². The Bertz CT molecular complexity index is 928. The van der Waals surface area contributed by atoms with Crippen molar-refractivity contribution in [2.24, 2.45) is 16.2 Å². The Labute approximate surface area is 186 Å². The topological polar surface area (TPSA) is 94.1 Å². The SMILES string of the molecule is Cc1ccc(C)c(S(=O)(=O)/N=C(\OC(C)C)[C@H](C)[C@H](NC(=O)OC(C)(C)C)C2CC2)c1. The first-order valence-electron chi connectivity index (χ1n) is 10.8. The molecule has 0 unspecified atom stereocenters. The van der Waals surface area contributed by atoms with Crippen LogP contribution in [0.25, 0.3) is 0 Å². The number of aryl methyl sites for hydroxylation is 2. The fourth-order valence-electron chi connectivity index (χ4n) is 3.31. The molecule has 1 aliphatic carbocycles. The van der Waals surface area contributed by atoms with Crippen molar-refractivity contribution in [3.05, 3.63) is 29.3 Å². The summed E-state index contributed by atoms with van der Waals surface area (Å²) in [5, 5.41) is 2.92. The molecule has 7 nitrogen and oxygen atoms in total. The van der Waals surface area contributed by atoms with Crippen molar-refractivity contribution in [1.29, 1.82) is 0 Å². The van der Waals surface area contributed by atoms with E-state index in [-0.39, 0.29) is 28.9 Å². The highest BCUT2D eigenvalue weighted by Gasteiger charge is 2.40. The van der Waals surface area contributed by atoms with E-state index in [1.54, 1.807) is 39.8 Å². The quantitative estimate of drug-likeness (QED) is 0.476. The fraction of sp³-hybridized carbons (Fsp3) is 0.652. The van der Waals surface area contributed by atoms with Crippen LogP contribution in [0.4, 0.5) is 4.79 Å². The first kappa shape index (κ1) is 25.2. The van der Waals surface area contributed by atoms with Crippen LogP contribution in [0.1, 0.15) is 65.5 Å². The molecule has 174 valence electrons. The van der Waals surface area contributed by atoms with Crippen LogP contribution < -0.4 is 5.32 Å². The molecule has 1 aromatic rings.